The van der Waals surface area contributed by atoms with E-state index in [-0.39, 0.29) is 4.66 Å². The number of nitrogens with one attached hydrogen (secondary N) is 1. The molecule has 0 radical (unpaired) electrons. The lowest BCUT2D eigenvalue weighted by Gasteiger charge is -2.29. The summed E-state index contributed by atoms with van der Waals surface area (Å²) in [6.07, 6.45) is 2.45. The van der Waals surface area contributed by atoms with Crippen LogP contribution in [0.1, 0.15) is 19.8 Å². The van der Waals surface area contributed by atoms with Crippen LogP contribution in [0.2, 0.25) is 0 Å². The van der Waals surface area contributed by atoms with Gasteiger partial charge in [0.15, 0.2) is 0 Å². The lowest BCUT2D eigenvalue weighted by molar-refractivity contribution is 0.195. The van der Waals surface area contributed by atoms with E-state index in [0.717, 1.165) is 25.6 Å². The van der Waals surface area contributed by atoms with Gasteiger partial charge in [0, 0.05) is 13.1 Å². The zero-order valence-electron chi connectivity index (χ0n) is 9.08. The Bertz CT molecular complexity index is 274. The zero-order chi connectivity index (χ0) is 11.3. The van der Waals surface area contributed by atoms with E-state index in [1.807, 2.05) is 0 Å². The molecule has 1 N–H and O–H groups in total. The Morgan fingerprint density at radius 3 is 2.53 bits per heavy atom. The molecule has 1 aliphatic rings. The summed E-state index contributed by atoms with van der Waals surface area (Å²) >= 11 is 2.94. The Kier molecular flexibility index (Phi) is 5.52. The average Bonchev–Trinajstić information content (AvgIpc) is 2.21. The molecular weight excluding hydrogens is 280 g/mol. The standard InChI is InChI=1S/C9H19BrN2O2S/c1-9-2-5-12(6-3-9)7-4-11-15(13,14)8-10/h9,11H,2-8H2,1H3. The van der Waals surface area contributed by atoms with Gasteiger partial charge >= 0.3 is 0 Å². The molecule has 0 atom stereocenters. The molecule has 0 saturated carbocycles. The molecule has 0 aromatic heterocycles. The van der Waals surface area contributed by atoms with Crippen molar-refractivity contribution >= 4 is 26.0 Å². The first kappa shape index (κ1) is 13.4. The van der Waals surface area contributed by atoms with Crippen molar-refractivity contribution < 1.29 is 8.42 Å². The normalized spacial score (nSPS) is 20.7. The largest absolute Gasteiger partial charge is 0.302 e. The van der Waals surface area contributed by atoms with Crippen LogP contribution in [0.5, 0.6) is 0 Å². The number of halogens is 1. The highest BCUT2D eigenvalue weighted by molar-refractivity contribution is 9.10. The Morgan fingerprint density at radius 2 is 2.00 bits per heavy atom. The molecule has 1 fully saturated rings. The molecule has 0 aliphatic carbocycles. The third-order valence-corrected chi connectivity index (χ3v) is 5.51. The minimum absolute atomic E-state index is 0.0168. The highest BCUT2D eigenvalue weighted by Gasteiger charge is 2.15. The van der Waals surface area contributed by atoms with Gasteiger partial charge in [0.05, 0.1) is 0 Å². The summed E-state index contributed by atoms with van der Waals surface area (Å²) in [5, 5.41) is 0. The van der Waals surface area contributed by atoms with Crippen molar-refractivity contribution in [3.05, 3.63) is 0 Å². The maximum Gasteiger partial charge on any atom is 0.221 e. The number of rotatable bonds is 5. The van der Waals surface area contributed by atoms with Crippen molar-refractivity contribution in [2.75, 3.05) is 30.8 Å². The molecular formula is C9H19BrN2O2S. The molecule has 0 aromatic rings. The van der Waals surface area contributed by atoms with Gasteiger partial charge in [-0.25, -0.2) is 13.1 Å². The molecule has 90 valence electrons. The van der Waals surface area contributed by atoms with E-state index in [2.05, 4.69) is 32.5 Å². The number of nitrogens with zero attached hydrogens (tertiary/aromatic N) is 1. The van der Waals surface area contributed by atoms with Crippen LogP contribution in [0.25, 0.3) is 0 Å². The molecule has 4 nitrogen and oxygen atoms in total. The Balaban J connectivity index is 2.16. The van der Waals surface area contributed by atoms with Gasteiger partial charge in [-0.15, -0.1) is 0 Å². The highest BCUT2D eigenvalue weighted by Crippen LogP contribution is 2.15. The van der Waals surface area contributed by atoms with E-state index in [1.54, 1.807) is 0 Å². The Labute approximate surface area is 101 Å². The van der Waals surface area contributed by atoms with E-state index < -0.39 is 10.0 Å². The SMILES string of the molecule is CC1CCN(CCNS(=O)(=O)CBr)CC1. The Hall–Kier alpha value is 0.350. The van der Waals surface area contributed by atoms with Crippen molar-refractivity contribution in [2.45, 2.75) is 19.8 Å². The van der Waals surface area contributed by atoms with E-state index in [0.29, 0.717) is 6.54 Å². The van der Waals surface area contributed by atoms with E-state index in [4.69, 9.17) is 0 Å². The lowest BCUT2D eigenvalue weighted by atomic mass is 9.99. The topological polar surface area (TPSA) is 49.4 Å². The number of likely N-dealkylation sites (tertiary alicyclic amines) is 1. The van der Waals surface area contributed by atoms with Crippen molar-refractivity contribution in [1.82, 2.24) is 9.62 Å². The highest BCUT2D eigenvalue weighted by atomic mass is 79.9. The summed E-state index contributed by atoms with van der Waals surface area (Å²) in [5.74, 6) is 0.820. The van der Waals surface area contributed by atoms with Crippen LogP contribution in [0.15, 0.2) is 0 Å². The smallest absolute Gasteiger partial charge is 0.221 e. The van der Waals surface area contributed by atoms with Crippen molar-refractivity contribution in [1.29, 1.82) is 0 Å². The zero-order valence-corrected chi connectivity index (χ0v) is 11.5. The quantitative estimate of drug-likeness (QED) is 0.770. The van der Waals surface area contributed by atoms with E-state index >= 15 is 0 Å². The van der Waals surface area contributed by atoms with Crippen molar-refractivity contribution in [3.8, 4) is 0 Å². The maximum atomic E-state index is 11.1. The van der Waals surface area contributed by atoms with Gasteiger partial charge in [-0.2, -0.15) is 0 Å². The van der Waals surface area contributed by atoms with Crippen LogP contribution in [0.4, 0.5) is 0 Å². The first-order chi connectivity index (χ1) is 7.03. The molecule has 1 rings (SSSR count). The first-order valence-electron chi connectivity index (χ1n) is 5.29. The molecule has 0 spiro atoms. The van der Waals surface area contributed by atoms with Gasteiger partial charge < -0.3 is 4.90 Å². The Morgan fingerprint density at radius 1 is 1.40 bits per heavy atom. The van der Waals surface area contributed by atoms with Gasteiger partial charge in [0.2, 0.25) is 10.0 Å². The number of hydrogen-bond acceptors (Lipinski definition) is 3. The predicted molar refractivity (Wildman–Crippen MR) is 65.6 cm³/mol. The van der Waals surface area contributed by atoms with Gasteiger partial charge in [0.1, 0.15) is 4.66 Å². The number of sulfonamides is 1. The maximum absolute atomic E-state index is 11.1. The summed E-state index contributed by atoms with van der Waals surface area (Å²) in [6.45, 7) is 5.79. The fourth-order valence-corrected chi connectivity index (χ4v) is 2.65. The molecule has 0 bridgehead atoms. The van der Waals surface area contributed by atoms with Crippen LogP contribution in [-0.2, 0) is 10.0 Å². The summed E-state index contributed by atoms with van der Waals surface area (Å²) in [6, 6.07) is 0. The first-order valence-corrected chi connectivity index (χ1v) is 8.06. The molecule has 6 heteroatoms. The third-order valence-electron chi connectivity index (χ3n) is 2.77. The van der Waals surface area contributed by atoms with Gasteiger partial charge in [-0.05, 0) is 31.8 Å². The second kappa shape index (κ2) is 6.18. The molecule has 15 heavy (non-hydrogen) atoms. The van der Waals surface area contributed by atoms with Crippen LogP contribution in [0, 0.1) is 5.92 Å². The van der Waals surface area contributed by atoms with Gasteiger partial charge in [-0.3, -0.25) is 0 Å². The molecule has 1 aliphatic heterocycles. The molecule has 1 saturated heterocycles. The summed E-state index contributed by atoms with van der Waals surface area (Å²) in [5.41, 5.74) is 0. The molecule has 0 unspecified atom stereocenters. The second-order valence-electron chi connectivity index (χ2n) is 4.14. The fraction of sp³-hybridized carbons (Fsp3) is 1.00. The van der Waals surface area contributed by atoms with E-state index in [1.165, 1.54) is 12.8 Å². The molecule has 1 heterocycles. The monoisotopic (exact) mass is 298 g/mol. The van der Waals surface area contributed by atoms with Crippen LogP contribution < -0.4 is 4.72 Å². The van der Waals surface area contributed by atoms with Crippen LogP contribution in [0.3, 0.4) is 0 Å². The predicted octanol–water partition coefficient (Wildman–Crippen LogP) is 0.990. The average molecular weight is 299 g/mol. The van der Waals surface area contributed by atoms with E-state index in [9.17, 15) is 8.42 Å². The fourth-order valence-electron chi connectivity index (χ4n) is 1.68. The van der Waals surface area contributed by atoms with Crippen molar-refractivity contribution in [3.63, 3.8) is 0 Å². The minimum atomic E-state index is -3.09. The minimum Gasteiger partial charge on any atom is -0.302 e. The van der Waals surface area contributed by atoms with Gasteiger partial charge in [0.25, 0.3) is 0 Å². The summed E-state index contributed by atoms with van der Waals surface area (Å²) in [7, 11) is -3.09. The second-order valence-corrected chi connectivity index (χ2v) is 7.25. The summed E-state index contributed by atoms with van der Waals surface area (Å²) in [4.78, 5) is 2.32. The van der Waals surface area contributed by atoms with Gasteiger partial charge in [-0.1, -0.05) is 22.9 Å². The van der Waals surface area contributed by atoms with Crippen LogP contribution >= 0.6 is 15.9 Å². The number of piperidine rings is 1. The number of hydrogen-bond donors (Lipinski definition) is 1. The summed E-state index contributed by atoms with van der Waals surface area (Å²) < 4.78 is 24.8. The third kappa shape index (κ3) is 5.29. The molecule has 0 amide bonds. The molecule has 0 aromatic carbocycles. The van der Waals surface area contributed by atoms with Crippen LogP contribution in [-0.4, -0.2) is 44.2 Å². The van der Waals surface area contributed by atoms with Crippen molar-refractivity contribution in [2.24, 2.45) is 5.92 Å². The number of alkyl halides is 1. The lowest BCUT2D eigenvalue weighted by Crippen LogP contribution is -2.39.